The Morgan fingerprint density at radius 3 is 2.56 bits per heavy atom. The van der Waals surface area contributed by atoms with Gasteiger partial charge in [0, 0.05) is 26.8 Å². The molecule has 7 nitrogen and oxygen atoms in total. The molecule has 0 aliphatic heterocycles. The molecule has 0 saturated carbocycles. The number of nitrogens with one attached hydrogen (secondary N) is 1. The van der Waals surface area contributed by atoms with Gasteiger partial charge in [-0.05, 0) is 61.7 Å². The molecular formula is C24H26FN5O2. The smallest absolute Gasteiger partial charge is 0.275 e. The largest absolute Gasteiger partial charge is 0.378 e. The number of halogens is 1. The van der Waals surface area contributed by atoms with Crippen molar-refractivity contribution in [2.24, 2.45) is 7.05 Å². The molecule has 1 amide bonds. The van der Waals surface area contributed by atoms with Crippen molar-refractivity contribution >= 4 is 28.1 Å². The van der Waals surface area contributed by atoms with E-state index in [4.69, 9.17) is 0 Å². The van der Waals surface area contributed by atoms with Gasteiger partial charge >= 0.3 is 0 Å². The zero-order chi connectivity index (χ0) is 23.3. The van der Waals surface area contributed by atoms with E-state index in [1.54, 1.807) is 37.9 Å². The van der Waals surface area contributed by atoms with Crippen LogP contribution in [0, 0.1) is 19.7 Å². The minimum absolute atomic E-state index is 0.198. The number of benzene rings is 2. The summed E-state index contributed by atoms with van der Waals surface area (Å²) in [5, 5.41) is 3.98. The number of aryl methyl sites for hydroxylation is 3. The van der Waals surface area contributed by atoms with Crippen LogP contribution < -0.4 is 10.9 Å². The highest BCUT2D eigenvalue weighted by Crippen LogP contribution is 2.29. The van der Waals surface area contributed by atoms with Crippen molar-refractivity contribution in [1.82, 2.24) is 18.9 Å². The Kier molecular flexibility index (Phi) is 5.24. The maximum atomic E-state index is 13.5. The van der Waals surface area contributed by atoms with Crippen LogP contribution in [-0.2, 0) is 7.05 Å². The van der Waals surface area contributed by atoms with Crippen molar-refractivity contribution in [2.45, 2.75) is 26.8 Å². The number of imidazole rings is 1. The number of nitrogens with zero attached hydrogens (tertiary/aromatic N) is 4. The summed E-state index contributed by atoms with van der Waals surface area (Å²) >= 11 is 0. The van der Waals surface area contributed by atoms with Crippen molar-refractivity contribution in [3.05, 3.63) is 75.2 Å². The van der Waals surface area contributed by atoms with Gasteiger partial charge in [-0.15, -0.1) is 0 Å². The number of anilines is 1. The fourth-order valence-electron chi connectivity index (χ4n) is 4.13. The molecule has 0 saturated heterocycles. The number of fused-ring (bicyclic) bond motifs is 3. The molecule has 0 spiro atoms. The number of hydrogen-bond acceptors (Lipinski definition) is 4. The van der Waals surface area contributed by atoms with E-state index in [0.717, 1.165) is 22.4 Å². The van der Waals surface area contributed by atoms with Crippen molar-refractivity contribution < 1.29 is 9.18 Å². The van der Waals surface area contributed by atoms with Gasteiger partial charge in [0.15, 0.2) is 11.3 Å². The van der Waals surface area contributed by atoms with E-state index in [9.17, 15) is 14.0 Å². The van der Waals surface area contributed by atoms with E-state index in [-0.39, 0.29) is 29.0 Å². The van der Waals surface area contributed by atoms with Gasteiger partial charge in [-0.1, -0.05) is 6.07 Å². The fraction of sp³-hybridized carbons (Fsp3) is 0.292. The molecule has 0 bridgehead atoms. The molecule has 1 atom stereocenters. The molecule has 0 aliphatic carbocycles. The second kappa shape index (κ2) is 7.78. The van der Waals surface area contributed by atoms with Gasteiger partial charge in [-0.25, -0.2) is 9.37 Å². The predicted molar refractivity (Wildman–Crippen MR) is 124 cm³/mol. The summed E-state index contributed by atoms with van der Waals surface area (Å²) in [6, 6.07) is 8.27. The van der Waals surface area contributed by atoms with Gasteiger partial charge in [0.25, 0.3) is 11.5 Å². The summed E-state index contributed by atoms with van der Waals surface area (Å²) in [7, 11) is 4.95. The van der Waals surface area contributed by atoms with Gasteiger partial charge in [-0.2, -0.15) is 0 Å². The van der Waals surface area contributed by atoms with Gasteiger partial charge in [-0.3, -0.25) is 18.6 Å². The number of aromatic nitrogens is 3. The third-order valence-corrected chi connectivity index (χ3v) is 5.76. The van der Waals surface area contributed by atoms with Crippen LogP contribution in [0.25, 0.3) is 16.6 Å². The Balaban J connectivity index is 1.99. The molecule has 0 radical (unpaired) electrons. The molecule has 4 aromatic rings. The topological polar surface area (TPSA) is 71.6 Å². The summed E-state index contributed by atoms with van der Waals surface area (Å²) in [5.41, 5.74) is 4.58. The lowest BCUT2D eigenvalue weighted by Crippen LogP contribution is -2.26. The van der Waals surface area contributed by atoms with Gasteiger partial charge in [0.1, 0.15) is 12.1 Å². The molecule has 4 rings (SSSR count). The average Bonchev–Trinajstić information content (AvgIpc) is 3.17. The highest BCUT2D eigenvalue weighted by atomic mass is 19.1. The normalized spacial score (nSPS) is 12.3. The summed E-state index contributed by atoms with van der Waals surface area (Å²) in [6.07, 6.45) is 1.59. The zero-order valence-corrected chi connectivity index (χ0v) is 19.0. The second-order valence-electron chi connectivity index (χ2n) is 8.43. The number of carbonyl (C=O) groups excluding carboxylic acids is 1. The molecule has 0 aliphatic rings. The van der Waals surface area contributed by atoms with E-state index in [1.165, 1.54) is 21.6 Å². The lowest BCUT2D eigenvalue weighted by atomic mass is 10.0. The fourth-order valence-corrected chi connectivity index (χ4v) is 4.13. The Labute approximate surface area is 185 Å². The van der Waals surface area contributed by atoms with Crippen molar-refractivity contribution in [3.8, 4) is 0 Å². The molecule has 8 heteroatoms. The van der Waals surface area contributed by atoms with Crippen LogP contribution >= 0.6 is 0 Å². The first-order valence-corrected chi connectivity index (χ1v) is 10.3. The second-order valence-corrected chi connectivity index (χ2v) is 8.43. The predicted octanol–water partition coefficient (Wildman–Crippen LogP) is 3.82. The van der Waals surface area contributed by atoms with Crippen LogP contribution in [0.4, 0.5) is 10.1 Å². The van der Waals surface area contributed by atoms with Gasteiger partial charge in [0.2, 0.25) is 0 Å². The molecule has 1 N–H and O–H groups in total. The average molecular weight is 436 g/mol. The molecule has 166 valence electrons. The van der Waals surface area contributed by atoms with Gasteiger partial charge < -0.3 is 10.2 Å². The van der Waals surface area contributed by atoms with Crippen LogP contribution in [0.1, 0.15) is 40.1 Å². The van der Waals surface area contributed by atoms with Crippen LogP contribution in [0.5, 0.6) is 0 Å². The van der Waals surface area contributed by atoms with Crippen molar-refractivity contribution in [1.29, 1.82) is 0 Å². The van der Waals surface area contributed by atoms with Gasteiger partial charge in [0.05, 0.1) is 16.9 Å². The maximum Gasteiger partial charge on any atom is 0.275 e. The molecular weight excluding hydrogens is 409 g/mol. The highest BCUT2D eigenvalue weighted by Gasteiger charge is 2.23. The first kappa shape index (κ1) is 21.5. The van der Waals surface area contributed by atoms with Crippen LogP contribution in [0.15, 0.2) is 41.5 Å². The minimum atomic E-state index is -0.289. The number of carbonyl (C=O) groups is 1. The Hall–Kier alpha value is -3.68. The van der Waals surface area contributed by atoms with E-state index < -0.39 is 0 Å². The number of hydrogen-bond donors (Lipinski definition) is 1. The third kappa shape index (κ3) is 3.41. The molecule has 2 aromatic carbocycles. The monoisotopic (exact) mass is 435 g/mol. The van der Waals surface area contributed by atoms with E-state index in [0.29, 0.717) is 16.6 Å². The van der Waals surface area contributed by atoms with Crippen LogP contribution in [0.3, 0.4) is 0 Å². The van der Waals surface area contributed by atoms with Crippen molar-refractivity contribution in [3.63, 3.8) is 0 Å². The molecule has 2 aromatic heterocycles. The lowest BCUT2D eigenvalue weighted by Gasteiger charge is -2.21. The standard InChI is InChI=1S/C24H26FN5O2/c1-13-9-17(15(3)27-19-8-7-16(25)11-14(19)2)21-18(10-13)23(31)29(6)22-20(24(32)28(4)5)26-12-30(21)22/h7-12,15,27H,1-6H3. The van der Waals surface area contributed by atoms with Crippen LogP contribution in [0.2, 0.25) is 0 Å². The van der Waals surface area contributed by atoms with E-state index in [2.05, 4.69) is 10.3 Å². The summed E-state index contributed by atoms with van der Waals surface area (Å²) in [6.45, 7) is 5.77. The zero-order valence-electron chi connectivity index (χ0n) is 19.0. The first-order valence-electron chi connectivity index (χ1n) is 10.3. The molecule has 32 heavy (non-hydrogen) atoms. The molecule has 1 unspecified atom stereocenters. The number of amides is 1. The first-order chi connectivity index (χ1) is 15.1. The summed E-state index contributed by atoms with van der Waals surface area (Å²) in [4.78, 5) is 31.8. The number of rotatable bonds is 4. The lowest BCUT2D eigenvalue weighted by molar-refractivity contribution is 0.0824. The maximum absolute atomic E-state index is 13.5. The minimum Gasteiger partial charge on any atom is -0.378 e. The third-order valence-electron chi connectivity index (χ3n) is 5.76. The molecule has 0 fully saturated rings. The Morgan fingerprint density at radius 1 is 1.19 bits per heavy atom. The SMILES string of the molecule is Cc1cc(C(C)Nc2ccc(F)cc2C)c2c(c1)c(=O)n(C)c1c(C(=O)N(C)C)ncn21. The summed E-state index contributed by atoms with van der Waals surface area (Å²) in [5.74, 6) is -0.563. The quantitative estimate of drug-likeness (QED) is 0.529. The summed E-state index contributed by atoms with van der Waals surface area (Å²) < 4.78 is 16.8. The Morgan fingerprint density at radius 2 is 1.91 bits per heavy atom. The Bertz CT molecular complexity index is 1430. The van der Waals surface area contributed by atoms with Crippen molar-refractivity contribution in [2.75, 3.05) is 19.4 Å². The van der Waals surface area contributed by atoms with E-state index in [1.807, 2.05) is 32.9 Å². The molecule has 2 heterocycles. The highest BCUT2D eigenvalue weighted by molar-refractivity contribution is 5.99. The van der Waals surface area contributed by atoms with Crippen LogP contribution in [-0.4, -0.2) is 38.9 Å². The van der Waals surface area contributed by atoms with E-state index >= 15 is 0 Å².